The molecule has 5 rings (SSSR count). The minimum atomic E-state index is -5.78. The van der Waals surface area contributed by atoms with Gasteiger partial charge in [0.15, 0.2) is 6.10 Å². The Morgan fingerprint density at radius 2 is 1.48 bits per heavy atom. The molecule has 0 radical (unpaired) electrons. The molecule has 2 N–H and O–H groups in total. The van der Waals surface area contributed by atoms with Crippen molar-refractivity contribution in [2.75, 3.05) is 24.4 Å². The van der Waals surface area contributed by atoms with Crippen molar-refractivity contribution in [3.63, 3.8) is 0 Å². The molecule has 0 amide bonds. The third-order valence-corrected chi connectivity index (χ3v) is 6.91. The van der Waals surface area contributed by atoms with Gasteiger partial charge in [0.05, 0.1) is 27.8 Å². The third-order valence-electron chi connectivity index (χ3n) is 6.91. The molecule has 4 aromatic rings. The lowest BCUT2D eigenvalue weighted by atomic mass is 9.88. The molecule has 0 saturated heterocycles. The van der Waals surface area contributed by atoms with Crippen LogP contribution in [0.5, 0.6) is 0 Å². The first-order chi connectivity index (χ1) is 20.0. The minimum Gasteiger partial charge on any atom is -0.398 e. The van der Waals surface area contributed by atoms with Crippen molar-refractivity contribution in [3.05, 3.63) is 52.6 Å². The SMILES string of the molecule is CN1COC(C(F)(F)F)c2ccc3c(c(C(=O)C(F)(F)F)cc4c(C(F)(F)F)c5c(C(=O)C(F)(F)F)c(N)ccc5nc43)c21. The van der Waals surface area contributed by atoms with Crippen LogP contribution < -0.4 is 10.6 Å². The summed E-state index contributed by atoms with van der Waals surface area (Å²) in [5, 5.41) is -4.37. The van der Waals surface area contributed by atoms with E-state index in [0.717, 1.165) is 18.0 Å². The maximum Gasteiger partial charge on any atom is 0.454 e. The number of benzene rings is 3. The Balaban J connectivity index is 2.08. The topological polar surface area (TPSA) is 85.5 Å². The molecule has 18 heteroatoms. The molecule has 1 unspecified atom stereocenters. The first-order valence-corrected chi connectivity index (χ1v) is 11.9. The Morgan fingerprint density at radius 3 is 2.02 bits per heavy atom. The van der Waals surface area contributed by atoms with Crippen molar-refractivity contribution in [1.29, 1.82) is 0 Å². The molecule has 0 bridgehead atoms. The Morgan fingerprint density at radius 1 is 0.864 bits per heavy atom. The summed E-state index contributed by atoms with van der Waals surface area (Å²) in [6.07, 6.45) is -25.0. The average molecular weight is 643 g/mol. The lowest BCUT2D eigenvalue weighted by molar-refractivity contribution is -0.225. The molecule has 234 valence electrons. The van der Waals surface area contributed by atoms with Crippen LogP contribution in [0.25, 0.3) is 32.6 Å². The summed E-state index contributed by atoms with van der Waals surface area (Å²) in [6.45, 7) is -0.866. The highest BCUT2D eigenvalue weighted by atomic mass is 19.4. The lowest BCUT2D eigenvalue weighted by Crippen LogP contribution is -2.36. The summed E-state index contributed by atoms with van der Waals surface area (Å²) in [5.74, 6) is -5.58. The summed E-state index contributed by atoms with van der Waals surface area (Å²) in [7, 11) is 1.09. The third kappa shape index (κ3) is 4.80. The quantitative estimate of drug-likeness (QED) is 0.0794. The van der Waals surface area contributed by atoms with Gasteiger partial charge in [-0.25, -0.2) is 4.98 Å². The van der Waals surface area contributed by atoms with E-state index in [0.29, 0.717) is 18.2 Å². The number of fused-ring (bicyclic) bond motifs is 6. The number of carbonyl (C=O) groups is 2. The maximum atomic E-state index is 14.7. The largest absolute Gasteiger partial charge is 0.454 e. The summed E-state index contributed by atoms with van der Waals surface area (Å²) in [4.78, 5) is 29.7. The summed E-state index contributed by atoms with van der Waals surface area (Å²) < 4.78 is 172. The lowest BCUT2D eigenvalue weighted by Gasteiger charge is -2.35. The monoisotopic (exact) mass is 643 g/mol. The predicted molar refractivity (Wildman–Crippen MR) is 130 cm³/mol. The molecule has 1 aliphatic rings. The van der Waals surface area contributed by atoms with E-state index in [1.165, 1.54) is 0 Å². The number of nitrogens with zero attached hydrogens (tertiary/aromatic N) is 2. The number of alkyl halides is 12. The van der Waals surface area contributed by atoms with Crippen LogP contribution in [0.3, 0.4) is 0 Å². The minimum absolute atomic E-state index is 0.0416. The molecule has 44 heavy (non-hydrogen) atoms. The zero-order valence-electron chi connectivity index (χ0n) is 21.4. The number of carbonyl (C=O) groups excluding carboxylic acids is 2. The summed E-state index contributed by atoms with van der Waals surface area (Å²) in [5.41, 5.74) is -4.02. The van der Waals surface area contributed by atoms with E-state index in [-0.39, 0.29) is 6.07 Å². The fourth-order valence-electron chi connectivity index (χ4n) is 5.27. The van der Waals surface area contributed by atoms with Gasteiger partial charge < -0.3 is 15.4 Å². The molecule has 0 fully saturated rings. The second-order valence-corrected chi connectivity index (χ2v) is 9.72. The van der Waals surface area contributed by atoms with Crippen molar-refractivity contribution in [3.8, 4) is 0 Å². The summed E-state index contributed by atoms with van der Waals surface area (Å²) >= 11 is 0. The highest BCUT2D eigenvalue weighted by Crippen LogP contribution is 2.50. The van der Waals surface area contributed by atoms with Crippen molar-refractivity contribution < 1.29 is 67.0 Å². The Hall–Kier alpha value is -4.35. The number of anilines is 2. The van der Waals surface area contributed by atoms with Gasteiger partial charge in [-0.1, -0.05) is 12.1 Å². The molecule has 6 nitrogen and oxygen atoms in total. The molecule has 1 atom stereocenters. The Bertz CT molecular complexity index is 1890. The van der Waals surface area contributed by atoms with Crippen LogP contribution >= 0.6 is 0 Å². The molecule has 0 aliphatic carbocycles. The van der Waals surface area contributed by atoms with Crippen LogP contribution in [0.4, 0.5) is 64.1 Å². The molecular formula is C26H13F12N3O3. The van der Waals surface area contributed by atoms with Crippen LogP contribution in [-0.2, 0) is 10.9 Å². The van der Waals surface area contributed by atoms with Gasteiger partial charge in [0.25, 0.3) is 11.6 Å². The highest BCUT2D eigenvalue weighted by molar-refractivity contribution is 6.25. The Kier molecular flexibility index (Phi) is 6.76. The van der Waals surface area contributed by atoms with Crippen molar-refractivity contribution >= 4 is 55.5 Å². The predicted octanol–water partition coefficient (Wildman–Crippen LogP) is 7.66. The first kappa shape index (κ1) is 31.1. The van der Waals surface area contributed by atoms with Crippen LogP contribution in [0.1, 0.15) is 37.9 Å². The molecule has 0 saturated carbocycles. The van der Waals surface area contributed by atoms with Crippen molar-refractivity contribution in [2.45, 2.75) is 30.8 Å². The number of rotatable bonds is 2. The van der Waals surface area contributed by atoms with E-state index >= 15 is 0 Å². The fourth-order valence-corrected chi connectivity index (χ4v) is 5.27. The highest BCUT2D eigenvalue weighted by Gasteiger charge is 2.48. The van der Waals surface area contributed by atoms with Gasteiger partial charge in [0.1, 0.15) is 6.73 Å². The van der Waals surface area contributed by atoms with Crippen LogP contribution in [0, 0.1) is 0 Å². The molecule has 1 aliphatic heterocycles. The van der Waals surface area contributed by atoms with Crippen molar-refractivity contribution in [1.82, 2.24) is 4.98 Å². The number of pyridine rings is 1. The molecular weight excluding hydrogens is 630 g/mol. The van der Waals surface area contributed by atoms with E-state index in [1.807, 2.05) is 0 Å². The van der Waals surface area contributed by atoms with Gasteiger partial charge in [-0.2, -0.15) is 52.7 Å². The second kappa shape index (κ2) is 9.57. The number of ether oxygens (including phenoxy) is 1. The normalized spacial score (nSPS) is 16.6. The second-order valence-electron chi connectivity index (χ2n) is 9.72. The van der Waals surface area contributed by atoms with Gasteiger partial charge in [-0.05, 0) is 18.2 Å². The van der Waals surface area contributed by atoms with Crippen molar-refractivity contribution in [2.24, 2.45) is 0 Å². The van der Waals surface area contributed by atoms with E-state index in [1.54, 1.807) is 0 Å². The van der Waals surface area contributed by atoms with Gasteiger partial charge in [0, 0.05) is 45.4 Å². The van der Waals surface area contributed by atoms with Crippen LogP contribution in [0.15, 0.2) is 30.3 Å². The number of Topliss-reactive ketones (excluding diaryl/α,β-unsaturated/α-hetero) is 2. The number of ketones is 2. The number of nitrogen functional groups attached to an aromatic ring is 1. The summed E-state index contributed by atoms with van der Waals surface area (Å²) in [6, 6.07) is 2.84. The molecule has 0 spiro atoms. The van der Waals surface area contributed by atoms with Crippen LogP contribution in [0.2, 0.25) is 0 Å². The molecule has 1 aromatic heterocycles. The standard InChI is InChI=1S/C26H13F12N3O3/c1-41-7-44-22(26(36,37)38)9-3-2-8-14(19(9)41)10(20(42)24(30,31)32)6-11-17(23(27,28)29)16-13(40-18(8)11)5-4-12(39)15(16)21(43)25(33,34)35/h2-6,22H,7,39H2,1H3. The van der Waals surface area contributed by atoms with E-state index in [2.05, 4.69) is 4.98 Å². The van der Waals surface area contributed by atoms with E-state index in [4.69, 9.17) is 10.5 Å². The maximum absolute atomic E-state index is 14.7. The number of nitrogens with two attached hydrogens (primary N) is 1. The molecule has 3 aromatic carbocycles. The zero-order valence-corrected chi connectivity index (χ0v) is 21.4. The smallest absolute Gasteiger partial charge is 0.398 e. The average Bonchev–Trinajstić information content (AvgIpc) is 2.88. The van der Waals surface area contributed by atoms with E-state index in [9.17, 15) is 62.3 Å². The molecule has 2 heterocycles. The fraction of sp³-hybridized carbons (Fsp3) is 0.269. The van der Waals surface area contributed by atoms with Crippen LogP contribution in [-0.4, -0.2) is 48.9 Å². The number of hydrogen-bond acceptors (Lipinski definition) is 6. The number of hydrogen-bond donors (Lipinski definition) is 1. The number of halogens is 12. The Labute approximate surface area is 235 Å². The zero-order chi connectivity index (χ0) is 32.9. The van der Waals surface area contributed by atoms with Gasteiger partial charge >= 0.3 is 24.7 Å². The van der Waals surface area contributed by atoms with Gasteiger partial charge in [-0.15, -0.1) is 0 Å². The first-order valence-electron chi connectivity index (χ1n) is 11.9. The van der Waals surface area contributed by atoms with E-state index < -0.39 is 115 Å². The number of aromatic nitrogens is 1. The van der Waals surface area contributed by atoms with Gasteiger partial charge in [-0.3, -0.25) is 9.59 Å². The van der Waals surface area contributed by atoms with Gasteiger partial charge in [0.2, 0.25) is 0 Å².